The molecule has 1 unspecified atom stereocenters. The second kappa shape index (κ2) is 11.8. The summed E-state index contributed by atoms with van der Waals surface area (Å²) in [4.78, 5) is 54.3. The molecule has 6 heterocycles. The number of fused-ring (bicyclic) bond motifs is 1. The summed E-state index contributed by atoms with van der Waals surface area (Å²) in [6.07, 6.45) is 3.17. The van der Waals surface area contributed by atoms with Crippen LogP contribution in [0.5, 0.6) is 0 Å². The van der Waals surface area contributed by atoms with Crippen LogP contribution in [0.15, 0.2) is 48.8 Å². The Morgan fingerprint density at radius 3 is 2.59 bits per heavy atom. The van der Waals surface area contributed by atoms with Gasteiger partial charge in [-0.25, -0.2) is 9.37 Å². The number of piperazine rings is 1. The molecule has 0 spiro atoms. The van der Waals surface area contributed by atoms with Crippen molar-refractivity contribution in [2.75, 3.05) is 58.3 Å². The lowest BCUT2D eigenvalue weighted by atomic mass is 10.1. The summed E-state index contributed by atoms with van der Waals surface area (Å²) in [5.74, 6) is -2.03. The lowest BCUT2D eigenvalue weighted by Crippen LogP contribution is -2.51. The number of hydrogen-bond acceptors (Lipinski definition) is 10. The summed E-state index contributed by atoms with van der Waals surface area (Å²) >= 11 is 0. The van der Waals surface area contributed by atoms with Crippen molar-refractivity contribution in [3.05, 3.63) is 65.9 Å². The zero-order valence-electron chi connectivity index (χ0n) is 25.2. The Labute approximate surface area is 262 Å². The van der Waals surface area contributed by atoms with E-state index >= 15 is 4.39 Å². The number of hydrogen-bond donors (Lipinski definition) is 2. The normalized spacial score (nSPS) is 17.2. The van der Waals surface area contributed by atoms with Gasteiger partial charge in [-0.2, -0.15) is 9.78 Å². The number of amides is 2. The minimum Gasteiger partial charge on any atom is -0.359 e. The summed E-state index contributed by atoms with van der Waals surface area (Å²) in [5.41, 5.74) is 1.70. The minimum atomic E-state index is -0.842. The van der Waals surface area contributed by atoms with Crippen molar-refractivity contribution in [2.24, 2.45) is 0 Å². The van der Waals surface area contributed by atoms with Gasteiger partial charge in [0.1, 0.15) is 17.1 Å². The molecular weight excluding hydrogens is 595 g/mol. The van der Waals surface area contributed by atoms with Crippen LogP contribution in [-0.4, -0.2) is 132 Å². The summed E-state index contributed by atoms with van der Waals surface area (Å²) in [5, 5.41) is 19.0. The average molecular weight is 627 g/mol. The lowest BCUT2D eigenvalue weighted by Gasteiger charge is -2.34. The van der Waals surface area contributed by atoms with Gasteiger partial charge in [0.2, 0.25) is 5.95 Å². The highest BCUT2D eigenvalue weighted by molar-refractivity contribution is 6.45. The molecule has 0 bridgehead atoms. The number of likely N-dealkylation sites (N-methyl/N-ethyl adjacent to an activating group) is 2. The molecule has 15 nitrogen and oxygen atoms in total. The maximum absolute atomic E-state index is 15.2. The van der Waals surface area contributed by atoms with Crippen LogP contribution in [0.25, 0.3) is 28.0 Å². The number of benzene rings is 1. The molecule has 16 heteroatoms. The van der Waals surface area contributed by atoms with E-state index in [-0.39, 0.29) is 52.9 Å². The predicted octanol–water partition coefficient (Wildman–Crippen LogP) is 1.38. The van der Waals surface area contributed by atoms with Crippen LogP contribution < -0.4 is 4.90 Å². The Hall–Kier alpha value is -5.51. The Kier molecular flexibility index (Phi) is 7.48. The molecular formula is C30H31FN12O3. The third-order valence-corrected chi connectivity index (χ3v) is 8.69. The zero-order chi connectivity index (χ0) is 31.9. The molecule has 1 aromatic carbocycles. The molecule has 2 N–H and O–H groups in total. The molecule has 1 atom stereocenters. The van der Waals surface area contributed by atoms with E-state index in [1.54, 1.807) is 22.7 Å². The second-order valence-corrected chi connectivity index (χ2v) is 11.5. The van der Waals surface area contributed by atoms with E-state index in [0.717, 1.165) is 31.4 Å². The van der Waals surface area contributed by atoms with E-state index in [0.29, 0.717) is 24.7 Å². The summed E-state index contributed by atoms with van der Waals surface area (Å²) in [6, 6.07) is 11.1. The molecule has 236 valence electrons. The van der Waals surface area contributed by atoms with Crippen LogP contribution in [0.4, 0.5) is 10.3 Å². The van der Waals surface area contributed by atoms with Crippen molar-refractivity contribution in [1.29, 1.82) is 0 Å². The number of nitrogens with one attached hydrogen (secondary N) is 2. The first-order chi connectivity index (χ1) is 22.3. The highest BCUT2D eigenvalue weighted by Crippen LogP contribution is 2.30. The standard InChI is InChI=1S/C30H31FN12O3/c1-39-9-8-19(17-39)40(2)28(45)23-14-22(34-35-23)25-26-24(21(31)16-33-25)20(15-32-26)27(44)29(46)41-10-12-42(13-11-41)30-36-37-38-43(30)18-6-4-3-5-7-18/h3-7,14-16,19,32H,8-13,17H2,1-2H3,(H,34,35). The number of pyridine rings is 1. The van der Waals surface area contributed by atoms with Crippen LogP contribution >= 0.6 is 0 Å². The number of para-hydroxylation sites is 1. The second-order valence-electron chi connectivity index (χ2n) is 11.5. The van der Waals surface area contributed by atoms with Crippen LogP contribution in [0, 0.1) is 5.82 Å². The molecule has 2 amide bonds. The van der Waals surface area contributed by atoms with Gasteiger partial charge in [-0.15, -0.1) is 0 Å². The minimum absolute atomic E-state index is 0.0639. The maximum Gasteiger partial charge on any atom is 0.295 e. The van der Waals surface area contributed by atoms with Gasteiger partial charge in [-0.1, -0.05) is 23.3 Å². The molecule has 5 aromatic rings. The van der Waals surface area contributed by atoms with Gasteiger partial charge >= 0.3 is 0 Å². The SMILES string of the molecule is CN1CCC(N(C)C(=O)c2cc(-c3ncc(F)c4c(C(=O)C(=O)N5CCN(c6nnnn6-c6ccccc6)CC5)c[nH]c34)n[nH]2)C1. The Balaban J connectivity index is 1.07. The summed E-state index contributed by atoms with van der Waals surface area (Å²) in [6.45, 7) is 2.99. The first-order valence-corrected chi connectivity index (χ1v) is 14.9. The number of likely N-dealkylation sites (tertiary alicyclic amines) is 1. The molecule has 0 radical (unpaired) electrons. The van der Waals surface area contributed by atoms with Crippen molar-refractivity contribution < 1.29 is 18.8 Å². The van der Waals surface area contributed by atoms with E-state index in [4.69, 9.17) is 0 Å². The largest absolute Gasteiger partial charge is 0.359 e. The van der Waals surface area contributed by atoms with Gasteiger partial charge in [0.15, 0.2) is 5.82 Å². The number of nitrogens with zero attached hydrogens (tertiary/aromatic N) is 10. The topological polar surface area (TPSA) is 165 Å². The highest BCUT2D eigenvalue weighted by Gasteiger charge is 2.32. The third-order valence-electron chi connectivity index (χ3n) is 8.69. The smallest absolute Gasteiger partial charge is 0.295 e. The number of anilines is 1. The van der Waals surface area contributed by atoms with Crippen LogP contribution in [0.2, 0.25) is 0 Å². The molecule has 4 aromatic heterocycles. The van der Waals surface area contributed by atoms with Crippen molar-refractivity contribution in [3.8, 4) is 17.1 Å². The fraction of sp³-hybridized carbons (Fsp3) is 0.333. The molecule has 2 aliphatic rings. The number of carbonyl (C=O) groups is 3. The van der Waals surface area contributed by atoms with Gasteiger partial charge in [-0.05, 0) is 48.6 Å². The molecule has 2 saturated heterocycles. The van der Waals surface area contributed by atoms with E-state index in [1.807, 2.05) is 42.3 Å². The number of carbonyl (C=O) groups excluding carboxylic acids is 3. The van der Waals surface area contributed by atoms with Crippen molar-refractivity contribution in [3.63, 3.8) is 0 Å². The van der Waals surface area contributed by atoms with Gasteiger partial charge in [-0.3, -0.25) is 19.5 Å². The number of aromatic nitrogens is 8. The van der Waals surface area contributed by atoms with Crippen LogP contribution in [0.3, 0.4) is 0 Å². The molecule has 2 aliphatic heterocycles. The van der Waals surface area contributed by atoms with Crippen LogP contribution in [-0.2, 0) is 4.79 Å². The first kappa shape index (κ1) is 29.2. The van der Waals surface area contributed by atoms with Crippen LogP contribution in [0.1, 0.15) is 27.3 Å². The number of rotatable bonds is 7. The molecule has 46 heavy (non-hydrogen) atoms. The monoisotopic (exact) mass is 626 g/mol. The highest BCUT2D eigenvalue weighted by atomic mass is 19.1. The van der Waals surface area contributed by atoms with Crippen molar-refractivity contribution in [1.82, 2.24) is 55.1 Å². The zero-order valence-corrected chi connectivity index (χ0v) is 25.2. The molecule has 2 fully saturated rings. The third kappa shape index (κ3) is 5.15. The van der Waals surface area contributed by atoms with Gasteiger partial charge in [0.05, 0.1) is 28.4 Å². The van der Waals surface area contributed by atoms with Gasteiger partial charge in [0.25, 0.3) is 17.6 Å². The summed E-state index contributed by atoms with van der Waals surface area (Å²) < 4.78 is 16.8. The number of halogens is 1. The van der Waals surface area contributed by atoms with Gasteiger partial charge in [0, 0.05) is 52.0 Å². The summed E-state index contributed by atoms with van der Waals surface area (Å²) in [7, 11) is 3.77. The number of tetrazole rings is 1. The lowest BCUT2D eigenvalue weighted by molar-refractivity contribution is -0.126. The van der Waals surface area contributed by atoms with E-state index < -0.39 is 17.5 Å². The molecule has 7 rings (SSSR count). The fourth-order valence-electron chi connectivity index (χ4n) is 6.10. The Morgan fingerprint density at radius 2 is 1.85 bits per heavy atom. The number of Topliss-reactive ketones (excluding diaryl/α,β-unsaturated/α-hetero) is 1. The molecule has 0 saturated carbocycles. The van der Waals surface area contributed by atoms with Crippen molar-refractivity contribution in [2.45, 2.75) is 12.5 Å². The van der Waals surface area contributed by atoms with E-state index in [9.17, 15) is 14.4 Å². The van der Waals surface area contributed by atoms with E-state index in [1.165, 1.54) is 11.1 Å². The first-order valence-electron chi connectivity index (χ1n) is 14.9. The quantitative estimate of drug-likeness (QED) is 0.199. The number of H-pyrrole nitrogens is 2. The molecule has 0 aliphatic carbocycles. The maximum atomic E-state index is 15.2. The van der Waals surface area contributed by atoms with E-state index in [2.05, 4.69) is 40.6 Å². The Bertz CT molecular complexity index is 1930. The van der Waals surface area contributed by atoms with Gasteiger partial charge < -0.3 is 24.6 Å². The van der Waals surface area contributed by atoms with Crippen molar-refractivity contribution >= 4 is 34.4 Å². The predicted molar refractivity (Wildman–Crippen MR) is 164 cm³/mol. The number of aromatic amines is 2. The number of ketones is 1. The average Bonchev–Trinajstić information content (AvgIpc) is 3.91. The fourth-order valence-corrected chi connectivity index (χ4v) is 6.10. The Morgan fingerprint density at radius 1 is 1.07 bits per heavy atom.